The van der Waals surface area contributed by atoms with Crippen LogP contribution in [0.15, 0.2) is 0 Å². The fourth-order valence-electron chi connectivity index (χ4n) is 3.42. The number of carbonyl (C=O) groups excluding carboxylic acids is 4. The van der Waals surface area contributed by atoms with Crippen molar-refractivity contribution < 1.29 is 28.7 Å². The maximum atomic E-state index is 12.4. The summed E-state index contributed by atoms with van der Waals surface area (Å²) in [5, 5.41) is 4.96. The maximum Gasteiger partial charge on any atom is 0.355 e. The van der Waals surface area contributed by atoms with Gasteiger partial charge in [0.2, 0.25) is 0 Å². The van der Waals surface area contributed by atoms with Crippen LogP contribution in [0.3, 0.4) is 0 Å². The van der Waals surface area contributed by atoms with Gasteiger partial charge in [0.15, 0.2) is 6.10 Å². The van der Waals surface area contributed by atoms with Crippen LogP contribution in [-0.2, 0) is 14.3 Å². The van der Waals surface area contributed by atoms with E-state index in [0.29, 0.717) is 11.3 Å². The number of aryl methyl sites for hydroxylation is 1. The summed E-state index contributed by atoms with van der Waals surface area (Å²) >= 11 is 0. The van der Waals surface area contributed by atoms with Gasteiger partial charge in [-0.1, -0.05) is 19.3 Å². The second-order valence-electron chi connectivity index (χ2n) is 7.19. The number of esters is 2. The van der Waals surface area contributed by atoms with Crippen LogP contribution in [0, 0.1) is 13.8 Å². The zero-order chi connectivity index (χ0) is 21.6. The summed E-state index contributed by atoms with van der Waals surface area (Å²) in [6.45, 7) is 6.51. The van der Waals surface area contributed by atoms with Crippen LogP contribution < -0.4 is 10.6 Å². The number of imide groups is 1. The van der Waals surface area contributed by atoms with Gasteiger partial charge in [-0.15, -0.1) is 0 Å². The average molecular weight is 407 g/mol. The van der Waals surface area contributed by atoms with Crippen LogP contribution >= 0.6 is 0 Å². The quantitative estimate of drug-likeness (QED) is 0.622. The first-order valence-corrected chi connectivity index (χ1v) is 9.93. The Morgan fingerprint density at radius 2 is 1.76 bits per heavy atom. The molecular weight excluding hydrogens is 378 g/mol. The van der Waals surface area contributed by atoms with Gasteiger partial charge in [-0.05, 0) is 46.1 Å². The van der Waals surface area contributed by atoms with E-state index in [-0.39, 0.29) is 23.9 Å². The minimum atomic E-state index is -1.19. The van der Waals surface area contributed by atoms with Crippen LogP contribution in [0.2, 0.25) is 0 Å². The van der Waals surface area contributed by atoms with E-state index in [1.807, 2.05) is 0 Å². The molecular formula is C20H29N3O6. The van der Waals surface area contributed by atoms with Crippen molar-refractivity contribution in [2.24, 2.45) is 0 Å². The zero-order valence-electron chi connectivity index (χ0n) is 17.3. The Kier molecular flexibility index (Phi) is 7.81. The van der Waals surface area contributed by atoms with E-state index in [0.717, 1.165) is 32.1 Å². The van der Waals surface area contributed by atoms with Crippen molar-refractivity contribution >= 4 is 23.9 Å². The van der Waals surface area contributed by atoms with Gasteiger partial charge in [-0.25, -0.2) is 14.4 Å². The summed E-state index contributed by atoms with van der Waals surface area (Å²) in [6.07, 6.45) is 3.85. The van der Waals surface area contributed by atoms with Crippen molar-refractivity contribution in [2.75, 3.05) is 6.61 Å². The van der Waals surface area contributed by atoms with Gasteiger partial charge in [0.1, 0.15) is 5.69 Å². The highest BCUT2D eigenvalue weighted by Crippen LogP contribution is 2.20. The number of ether oxygens (including phenoxy) is 2. The molecule has 2 rings (SSSR count). The minimum Gasteiger partial charge on any atom is -0.462 e. The number of aromatic nitrogens is 1. The molecule has 3 amide bonds. The molecule has 9 heteroatoms. The van der Waals surface area contributed by atoms with Gasteiger partial charge >= 0.3 is 18.0 Å². The second kappa shape index (κ2) is 10.1. The Morgan fingerprint density at radius 1 is 1.10 bits per heavy atom. The van der Waals surface area contributed by atoms with E-state index in [9.17, 15) is 19.2 Å². The fourth-order valence-corrected chi connectivity index (χ4v) is 3.42. The monoisotopic (exact) mass is 407 g/mol. The van der Waals surface area contributed by atoms with Crippen LogP contribution in [0.4, 0.5) is 4.79 Å². The lowest BCUT2D eigenvalue weighted by Gasteiger charge is -2.23. The zero-order valence-corrected chi connectivity index (χ0v) is 17.3. The first-order valence-electron chi connectivity index (χ1n) is 9.93. The summed E-state index contributed by atoms with van der Waals surface area (Å²) in [4.78, 5) is 51.4. The van der Waals surface area contributed by atoms with Gasteiger partial charge in [-0.2, -0.15) is 0 Å². The number of nitrogens with one attached hydrogen (secondary N) is 3. The molecule has 29 heavy (non-hydrogen) atoms. The van der Waals surface area contributed by atoms with E-state index >= 15 is 0 Å². The van der Waals surface area contributed by atoms with E-state index in [1.54, 1.807) is 20.8 Å². The number of rotatable bonds is 6. The van der Waals surface area contributed by atoms with Gasteiger partial charge in [-0.3, -0.25) is 10.1 Å². The van der Waals surface area contributed by atoms with Crippen molar-refractivity contribution in [3.8, 4) is 0 Å². The summed E-state index contributed by atoms with van der Waals surface area (Å²) in [6, 6.07) is -0.540. The Balaban J connectivity index is 1.94. The predicted molar refractivity (Wildman–Crippen MR) is 105 cm³/mol. The van der Waals surface area contributed by atoms with Crippen molar-refractivity contribution in [2.45, 2.75) is 71.9 Å². The molecule has 1 aromatic rings. The largest absolute Gasteiger partial charge is 0.462 e. The van der Waals surface area contributed by atoms with E-state index < -0.39 is 30.0 Å². The molecule has 1 aromatic heterocycles. The van der Waals surface area contributed by atoms with Crippen LogP contribution in [-0.4, -0.2) is 47.6 Å². The molecule has 0 spiro atoms. The molecule has 0 radical (unpaired) electrons. The summed E-state index contributed by atoms with van der Waals surface area (Å²) in [7, 11) is 0. The summed E-state index contributed by atoms with van der Waals surface area (Å²) in [5.41, 5.74) is 1.19. The molecule has 0 bridgehead atoms. The lowest BCUT2D eigenvalue weighted by molar-refractivity contribution is -0.127. The molecule has 1 fully saturated rings. The topological polar surface area (TPSA) is 127 Å². The normalized spacial score (nSPS) is 15.3. The number of carbonyl (C=O) groups is 4. The Hall–Kier alpha value is -2.84. The highest BCUT2D eigenvalue weighted by molar-refractivity contribution is 6.00. The molecule has 1 atom stereocenters. The Bertz CT molecular complexity index is 779. The second-order valence-corrected chi connectivity index (χ2v) is 7.19. The van der Waals surface area contributed by atoms with Gasteiger partial charge in [0.25, 0.3) is 5.91 Å². The first kappa shape index (κ1) is 22.4. The van der Waals surface area contributed by atoms with Crippen LogP contribution in [0.1, 0.15) is 78.1 Å². The molecule has 1 heterocycles. The number of H-pyrrole nitrogens is 1. The van der Waals surface area contributed by atoms with Gasteiger partial charge < -0.3 is 19.8 Å². The molecule has 1 aliphatic carbocycles. The molecule has 1 aliphatic rings. The third-order valence-electron chi connectivity index (χ3n) is 4.95. The third-order valence-corrected chi connectivity index (χ3v) is 4.95. The highest BCUT2D eigenvalue weighted by atomic mass is 16.5. The molecule has 1 saturated carbocycles. The first-order chi connectivity index (χ1) is 13.7. The van der Waals surface area contributed by atoms with Gasteiger partial charge in [0, 0.05) is 11.7 Å². The lowest BCUT2D eigenvalue weighted by Crippen LogP contribution is -2.48. The molecule has 0 unspecified atom stereocenters. The minimum absolute atomic E-state index is 0.0558. The van der Waals surface area contributed by atoms with E-state index in [1.165, 1.54) is 6.92 Å². The predicted octanol–water partition coefficient (Wildman–Crippen LogP) is 2.51. The third kappa shape index (κ3) is 5.82. The highest BCUT2D eigenvalue weighted by Gasteiger charge is 2.27. The Morgan fingerprint density at radius 3 is 2.38 bits per heavy atom. The number of amides is 3. The number of hydrogen-bond donors (Lipinski definition) is 3. The lowest BCUT2D eigenvalue weighted by atomic mass is 9.96. The number of aromatic amines is 1. The molecule has 0 aliphatic heterocycles. The smallest absolute Gasteiger partial charge is 0.355 e. The van der Waals surface area contributed by atoms with Crippen LogP contribution in [0.25, 0.3) is 0 Å². The summed E-state index contributed by atoms with van der Waals surface area (Å²) in [5.74, 6) is -2.06. The van der Waals surface area contributed by atoms with Crippen molar-refractivity contribution in [1.82, 2.24) is 15.6 Å². The molecule has 160 valence electrons. The van der Waals surface area contributed by atoms with Crippen molar-refractivity contribution in [1.29, 1.82) is 0 Å². The molecule has 9 nitrogen and oxygen atoms in total. The molecule has 3 N–H and O–H groups in total. The average Bonchev–Trinajstić information content (AvgIpc) is 2.96. The SMILES string of the molecule is CCOC(=O)c1c(C)[nH]c(C(=O)O[C@H](C)C(=O)NC(=O)NC2CCCCC2)c1C. The summed E-state index contributed by atoms with van der Waals surface area (Å²) < 4.78 is 10.2. The Labute approximate surface area is 169 Å². The maximum absolute atomic E-state index is 12.4. The van der Waals surface area contributed by atoms with E-state index in [4.69, 9.17) is 9.47 Å². The van der Waals surface area contributed by atoms with E-state index in [2.05, 4.69) is 15.6 Å². The van der Waals surface area contributed by atoms with Crippen LogP contribution in [0.5, 0.6) is 0 Å². The molecule has 0 aromatic carbocycles. The standard InChI is InChI=1S/C20H29N3O6/c1-5-28-18(25)15-11(2)16(21-12(15)3)19(26)29-13(4)17(24)23-20(27)22-14-9-7-6-8-10-14/h13-14,21H,5-10H2,1-4H3,(H2,22,23,24,27)/t13-/m1/s1. The van der Waals surface area contributed by atoms with Crippen molar-refractivity contribution in [3.63, 3.8) is 0 Å². The van der Waals surface area contributed by atoms with Gasteiger partial charge in [0.05, 0.1) is 12.2 Å². The van der Waals surface area contributed by atoms with Crippen molar-refractivity contribution in [3.05, 3.63) is 22.5 Å². The molecule has 0 saturated heterocycles. The number of urea groups is 1. The fraction of sp³-hybridized carbons (Fsp3) is 0.600. The number of hydrogen-bond acceptors (Lipinski definition) is 6.